The number of nitrogens with zero attached hydrogens (tertiary/aromatic N) is 3. The number of rotatable bonds is 6. The predicted molar refractivity (Wildman–Crippen MR) is 93.3 cm³/mol. The summed E-state index contributed by atoms with van der Waals surface area (Å²) in [5.41, 5.74) is 2.42. The maximum atomic E-state index is 12.1. The zero-order chi connectivity index (χ0) is 17.6. The summed E-state index contributed by atoms with van der Waals surface area (Å²) in [5, 5.41) is 13.4. The number of oxime groups is 1. The summed E-state index contributed by atoms with van der Waals surface area (Å²) in [6.45, 7) is 4.39. The van der Waals surface area contributed by atoms with Gasteiger partial charge in [-0.1, -0.05) is 30.2 Å². The lowest BCUT2D eigenvalue weighted by Gasteiger charge is -2.11. The van der Waals surface area contributed by atoms with Crippen LogP contribution < -0.4 is 10.6 Å². The van der Waals surface area contributed by atoms with Crippen molar-refractivity contribution in [3.8, 4) is 11.5 Å². The van der Waals surface area contributed by atoms with Crippen molar-refractivity contribution in [2.45, 2.75) is 39.2 Å². The second kappa shape index (κ2) is 7.78. The highest BCUT2D eigenvalue weighted by Gasteiger charge is 2.20. The molecule has 0 saturated carbocycles. The van der Waals surface area contributed by atoms with Gasteiger partial charge in [-0.25, -0.2) is 4.79 Å². The lowest BCUT2D eigenvalue weighted by Crippen LogP contribution is -2.35. The smallest absolute Gasteiger partial charge is 0.319 e. The van der Waals surface area contributed by atoms with E-state index in [2.05, 4.69) is 25.9 Å². The first-order chi connectivity index (χ1) is 12.2. The van der Waals surface area contributed by atoms with Gasteiger partial charge in [0.05, 0.1) is 12.3 Å². The van der Waals surface area contributed by atoms with E-state index < -0.39 is 0 Å². The summed E-state index contributed by atoms with van der Waals surface area (Å²) in [6.07, 6.45) is 2.22. The van der Waals surface area contributed by atoms with Crippen molar-refractivity contribution in [2.24, 2.45) is 5.16 Å². The molecule has 0 bridgehead atoms. The molecular weight excluding hydrogens is 322 g/mol. The molecule has 1 aromatic carbocycles. The molecule has 0 saturated heterocycles. The van der Waals surface area contributed by atoms with Crippen molar-refractivity contribution in [3.05, 3.63) is 30.1 Å². The number of anilines is 1. The molecule has 132 valence electrons. The van der Waals surface area contributed by atoms with Gasteiger partial charge in [-0.05, 0) is 24.6 Å². The largest absolute Gasteiger partial charge is 0.390 e. The molecule has 1 unspecified atom stereocenters. The molecule has 1 atom stereocenters. The van der Waals surface area contributed by atoms with Crippen LogP contribution in [0.25, 0.3) is 11.5 Å². The Balaban J connectivity index is 1.54. The minimum absolute atomic E-state index is 0.0992. The quantitative estimate of drug-likeness (QED) is 0.839. The third-order valence-electron chi connectivity index (χ3n) is 3.84. The maximum absolute atomic E-state index is 12.1. The van der Waals surface area contributed by atoms with Crippen LogP contribution in [0.3, 0.4) is 0 Å². The molecule has 0 aliphatic carbocycles. The summed E-state index contributed by atoms with van der Waals surface area (Å²) in [6, 6.07) is 6.96. The van der Waals surface area contributed by atoms with Gasteiger partial charge in [-0.15, -0.1) is 0 Å². The van der Waals surface area contributed by atoms with Gasteiger partial charge in [-0.2, -0.15) is 4.98 Å². The van der Waals surface area contributed by atoms with Crippen molar-refractivity contribution in [2.75, 3.05) is 11.9 Å². The first kappa shape index (κ1) is 16.9. The van der Waals surface area contributed by atoms with E-state index in [1.54, 1.807) is 12.1 Å². The normalized spacial score (nSPS) is 16.2. The molecule has 2 amide bonds. The lowest BCUT2D eigenvalue weighted by molar-refractivity contribution is 0.0870. The van der Waals surface area contributed by atoms with Gasteiger partial charge in [0.1, 0.15) is 6.10 Å². The average molecular weight is 343 g/mol. The Labute approximate surface area is 145 Å². The van der Waals surface area contributed by atoms with Gasteiger partial charge in [0.2, 0.25) is 0 Å². The number of carbonyl (C=O) groups excluding carboxylic acids is 1. The van der Waals surface area contributed by atoms with Crippen LogP contribution >= 0.6 is 0 Å². The molecule has 2 heterocycles. The average Bonchev–Trinajstić information content (AvgIpc) is 3.29. The fourth-order valence-corrected chi connectivity index (χ4v) is 2.43. The molecule has 2 N–H and O–H groups in total. The molecule has 1 aliphatic rings. The standard InChI is InChI=1S/C17H21N5O3/c1-3-12-9-14(24-21-12)10-18-17(23)19-13-7-5-6-11(8-13)16-20-15(4-2)22-25-16/h5-8,14H,3-4,9-10H2,1-2H3,(H2,18,19,23). The first-order valence-electron chi connectivity index (χ1n) is 8.37. The highest BCUT2D eigenvalue weighted by atomic mass is 16.6. The molecule has 25 heavy (non-hydrogen) atoms. The Kier molecular flexibility index (Phi) is 5.27. The first-order valence-corrected chi connectivity index (χ1v) is 8.37. The molecule has 8 heteroatoms. The van der Waals surface area contributed by atoms with Crippen LogP contribution in [0.1, 0.15) is 32.5 Å². The van der Waals surface area contributed by atoms with E-state index in [9.17, 15) is 4.79 Å². The number of aryl methyl sites for hydroxylation is 1. The Morgan fingerprint density at radius 1 is 1.32 bits per heavy atom. The van der Waals surface area contributed by atoms with E-state index >= 15 is 0 Å². The van der Waals surface area contributed by atoms with Gasteiger partial charge in [0.15, 0.2) is 5.82 Å². The molecule has 1 aromatic heterocycles. The summed E-state index contributed by atoms with van der Waals surface area (Å²) in [4.78, 5) is 21.6. The molecule has 3 rings (SSSR count). The zero-order valence-electron chi connectivity index (χ0n) is 14.3. The summed E-state index contributed by atoms with van der Waals surface area (Å²) >= 11 is 0. The van der Waals surface area contributed by atoms with Gasteiger partial charge >= 0.3 is 6.03 Å². The van der Waals surface area contributed by atoms with Crippen LogP contribution in [0.4, 0.5) is 10.5 Å². The fraction of sp³-hybridized carbons (Fsp3) is 0.412. The third-order valence-corrected chi connectivity index (χ3v) is 3.84. The number of hydrogen-bond donors (Lipinski definition) is 2. The van der Waals surface area contributed by atoms with Crippen LogP contribution in [0, 0.1) is 0 Å². The Morgan fingerprint density at radius 3 is 2.92 bits per heavy atom. The van der Waals surface area contributed by atoms with Crippen molar-refractivity contribution in [1.29, 1.82) is 0 Å². The molecule has 0 radical (unpaired) electrons. The number of amides is 2. The molecular formula is C17H21N5O3. The second-order valence-corrected chi connectivity index (χ2v) is 5.73. The van der Waals surface area contributed by atoms with Crippen LogP contribution in [-0.4, -0.2) is 34.5 Å². The Morgan fingerprint density at radius 2 is 2.20 bits per heavy atom. The monoisotopic (exact) mass is 343 g/mol. The van der Waals surface area contributed by atoms with Gasteiger partial charge < -0.3 is 20.0 Å². The summed E-state index contributed by atoms with van der Waals surface area (Å²) in [7, 11) is 0. The van der Waals surface area contributed by atoms with Crippen molar-refractivity contribution in [1.82, 2.24) is 15.5 Å². The van der Waals surface area contributed by atoms with E-state index in [0.717, 1.165) is 24.1 Å². The van der Waals surface area contributed by atoms with E-state index in [4.69, 9.17) is 9.36 Å². The number of carbonyl (C=O) groups is 1. The minimum atomic E-state index is -0.300. The summed E-state index contributed by atoms with van der Waals surface area (Å²) in [5.74, 6) is 1.08. The number of nitrogens with one attached hydrogen (secondary N) is 2. The number of aromatic nitrogens is 2. The predicted octanol–water partition coefficient (Wildman–Crippen LogP) is 2.98. The SMILES string of the molecule is CCC1=NOC(CNC(=O)Nc2cccc(-c3nc(CC)no3)c2)C1. The number of hydrogen-bond acceptors (Lipinski definition) is 6. The Hall–Kier alpha value is -2.90. The minimum Gasteiger partial charge on any atom is -0.390 e. The van der Waals surface area contributed by atoms with Crippen LogP contribution in [0.2, 0.25) is 0 Å². The van der Waals surface area contributed by atoms with E-state index in [1.807, 2.05) is 26.0 Å². The van der Waals surface area contributed by atoms with E-state index in [-0.39, 0.29) is 12.1 Å². The van der Waals surface area contributed by atoms with Crippen LogP contribution in [0.5, 0.6) is 0 Å². The van der Waals surface area contributed by atoms with Crippen molar-refractivity contribution < 1.29 is 14.2 Å². The lowest BCUT2D eigenvalue weighted by atomic mass is 10.1. The van der Waals surface area contributed by atoms with Crippen molar-refractivity contribution >= 4 is 17.4 Å². The van der Waals surface area contributed by atoms with Gasteiger partial charge in [-0.3, -0.25) is 0 Å². The zero-order valence-corrected chi connectivity index (χ0v) is 14.3. The molecule has 0 fully saturated rings. The second-order valence-electron chi connectivity index (χ2n) is 5.73. The molecule has 0 spiro atoms. The fourth-order valence-electron chi connectivity index (χ4n) is 2.43. The summed E-state index contributed by atoms with van der Waals surface area (Å²) < 4.78 is 5.22. The van der Waals surface area contributed by atoms with Crippen molar-refractivity contribution in [3.63, 3.8) is 0 Å². The Bertz CT molecular complexity index is 771. The van der Waals surface area contributed by atoms with E-state index in [0.29, 0.717) is 30.4 Å². The van der Waals surface area contributed by atoms with Gasteiger partial charge in [0, 0.05) is 24.1 Å². The molecule has 1 aliphatic heterocycles. The molecule has 8 nitrogen and oxygen atoms in total. The topological polar surface area (TPSA) is 102 Å². The van der Waals surface area contributed by atoms with Crippen LogP contribution in [-0.2, 0) is 11.3 Å². The molecule has 2 aromatic rings. The maximum Gasteiger partial charge on any atom is 0.319 e. The number of benzene rings is 1. The third kappa shape index (κ3) is 4.34. The highest BCUT2D eigenvalue weighted by Crippen LogP contribution is 2.21. The van der Waals surface area contributed by atoms with E-state index in [1.165, 1.54) is 0 Å². The highest BCUT2D eigenvalue weighted by molar-refractivity contribution is 5.90. The van der Waals surface area contributed by atoms with Gasteiger partial charge in [0.25, 0.3) is 5.89 Å². The van der Waals surface area contributed by atoms with Crippen LogP contribution in [0.15, 0.2) is 33.9 Å². The number of urea groups is 1.